The zero-order chi connectivity index (χ0) is 13.0. The Morgan fingerprint density at radius 3 is 2.89 bits per heavy atom. The van der Waals surface area contributed by atoms with Gasteiger partial charge in [-0.05, 0) is 11.4 Å². The summed E-state index contributed by atoms with van der Waals surface area (Å²) in [5, 5.41) is 5.24. The molecule has 0 aromatic carbocycles. The molecule has 0 radical (unpaired) electrons. The molecule has 2 rings (SSSR count). The molecule has 2 aromatic heterocycles. The lowest BCUT2D eigenvalue weighted by Gasteiger charge is -2.07. The van der Waals surface area contributed by atoms with Gasteiger partial charge in [-0.3, -0.25) is 9.36 Å². The van der Waals surface area contributed by atoms with Crippen molar-refractivity contribution in [3.63, 3.8) is 0 Å². The number of nitrogens with zero attached hydrogens (tertiary/aromatic N) is 2. The predicted molar refractivity (Wildman–Crippen MR) is 72.0 cm³/mol. The average Bonchev–Trinajstić information content (AvgIpc) is 2.86. The van der Waals surface area contributed by atoms with Crippen molar-refractivity contribution in [1.29, 1.82) is 0 Å². The molecule has 0 aliphatic rings. The summed E-state index contributed by atoms with van der Waals surface area (Å²) in [6, 6.07) is 5.45. The highest BCUT2D eigenvalue weighted by atomic mass is 32.1. The maximum Gasteiger partial charge on any atom is 0.330 e. The Bertz CT molecular complexity index is 613. The smallest absolute Gasteiger partial charge is 0.310 e. The highest BCUT2D eigenvalue weighted by molar-refractivity contribution is 7.09. The molecule has 0 spiro atoms. The van der Waals surface area contributed by atoms with E-state index < -0.39 is 0 Å². The topological polar surface area (TPSA) is 56.0 Å². The van der Waals surface area contributed by atoms with E-state index in [1.54, 1.807) is 18.4 Å². The van der Waals surface area contributed by atoms with Gasteiger partial charge in [0.25, 0.3) is 5.56 Å². The third-order valence-electron chi connectivity index (χ3n) is 2.63. The fourth-order valence-corrected chi connectivity index (χ4v) is 2.31. The van der Waals surface area contributed by atoms with Gasteiger partial charge in [-0.15, -0.1) is 11.3 Å². The number of aromatic nitrogens is 2. The molecule has 0 bridgehead atoms. The quantitative estimate of drug-likeness (QED) is 0.796. The van der Waals surface area contributed by atoms with E-state index in [1.807, 2.05) is 17.5 Å². The molecule has 0 aliphatic carbocycles. The maximum atomic E-state index is 11.7. The van der Waals surface area contributed by atoms with E-state index >= 15 is 0 Å². The first-order chi connectivity index (χ1) is 8.68. The van der Waals surface area contributed by atoms with Crippen LogP contribution in [0, 0.1) is 0 Å². The molecular weight excluding hydrogens is 250 g/mol. The van der Waals surface area contributed by atoms with Crippen molar-refractivity contribution in [3.05, 3.63) is 55.5 Å². The number of aryl methyl sites for hydroxylation is 1. The van der Waals surface area contributed by atoms with E-state index in [1.165, 1.54) is 26.3 Å². The Morgan fingerprint density at radius 1 is 1.33 bits per heavy atom. The molecular formula is C12H15N3O2S. The number of thiophene rings is 1. The molecule has 0 unspecified atom stereocenters. The van der Waals surface area contributed by atoms with E-state index in [9.17, 15) is 9.59 Å². The lowest BCUT2D eigenvalue weighted by Crippen LogP contribution is -2.40. The minimum absolute atomic E-state index is 0.254. The summed E-state index contributed by atoms with van der Waals surface area (Å²) in [5.74, 6) is 0. The number of hydrogen-bond donors (Lipinski definition) is 1. The molecule has 2 aromatic rings. The van der Waals surface area contributed by atoms with Gasteiger partial charge in [0.05, 0.1) is 0 Å². The fraction of sp³-hybridized carbons (Fsp3) is 0.333. The number of rotatable bonds is 5. The molecule has 0 aliphatic heterocycles. The summed E-state index contributed by atoms with van der Waals surface area (Å²) in [6.45, 7) is 1.74. The molecule has 6 heteroatoms. The minimum atomic E-state index is -0.277. The van der Waals surface area contributed by atoms with Crippen LogP contribution in [0.4, 0.5) is 0 Å². The van der Waals surface area contributed by atoms with Gasteiger partial charge in [0.1, 0.15) is 0 Å². The molecule has 0 saturated carbocycles. The van der Waals surface area contributed by atoms with E-state index in [2.05, 4.69) is 5.32 Å². The van der Waals surface area contributed by atoms with Gasteiger partial charge in [-0.25, -0.2) is 4.79 Å². The van der Waals surface area contributed by atoms with Crippen molar-refractivity contribution < 1.29 is 0 Å². The third-order valence-corrected chi connectivity index (χ3v) is 3.51. The molecule has 96 valence electrons. The van der Waals surface area contributed by atoms with Crippen LogP contribution in [-0.4, -0.2) is 15.7 Å². The van der Waals surface area contributed by atoms with Crippen LogP contribution >= 0.6 is 11.3 Å². The van der Waals surface area contributed by atoms with E-state index in [4.69, 9.17) is 0 Å². The lowest BCUT2D eigenvalue weighted by atomic mass is 10.4. The van der Waals surface area contributed by atoms with Gasteiger partial charge < -0.3 is 9.88 Å². The second-order valence-corrected chi connectivity index (χ2v) is 4.99. The molecule has 0 saturated heterocycles. The van der Waals surface area contributed by atoms with Crippen LogP contribution in [0.25, 0.3) is 0 Å². The van der Waals surface area contributed by atoms with Crippen molar-refractivity contribution in [2.45, 2.75) is 13.1 Å². The van der Waals surface area contributed by atoms with Crippen LogP contribution in [0.1, 0.15) is 4.88 Å². The predicted octanol–water partition coefficient (Wildman–Crippen LogP) is 0.398. The van der Waals surface area contributed by atoms with Crippen LogP contribution in [0.15, 0.2) is 39.4 Å². The molecule has 0 atom stereocenters. The van der Waals surface area contributed by atoms with Crippen molar-refractivity contribution in [2.24, 2.45) is 7.05 Å². The average molecular weight is 265 g/mol. The number of nitrogens with one attached hydrogen (secondary N) is 1. The van der Waals surface area contributed by atoms with Crippen molar-refractivity contribution in [2.75, 3.05) is 6.54 Å². The standard InChI is InChI=1S/C12H15N3O2S/c1-14-6-4-11(16)15(12(14)17)7-5-13-9-10-3-2-8-18-10/h2-4,6,8,13H,5,7,9H2,1H3. The maximum absolute atomic E-state index is 11.7. The minimum Gasteiger partial charge on any atom is -0.310 e. The summed E-state index contributed by atoms with van der Waals surface area (Å²) in [4.78, 5) is 24.5. The van der Waals surface area contributed by atoms with Gasteiger partial charge in [-0.1, -0.05) is 6.07 Å². The Labute approximate surface area is 108 Å². The number of hydrogen-bond acceptors (Lipinski definition) is 4. The first kappa shape index (κ1) is 12.8. The van der Waals surface area contributed by atoms with Crippen LogP contribution in [0.2, 0.25) is 0 Å². The Hall–Kier alpha value is -1.66. The summed E-state index contributed by atoms with van der Waals surface area (Å²) in [6.07, 6.45) is 1.49. The van der Waals surface area contributed by atoms with Gasteiger partial charge in [0.15, 0.2) is 0 Å². The van der Waals surface area contributed by atoms with E-state index in [-0.39, 0.29) is 11.2 Å². The zero-order valence-electron chi connectivity index (χ0n) is 10.1. The fourth-order valence-electron chi connectivity index (χ4n) is 1.64. The molecule has 5 nitrogen and oxygen atoms in total. The molecule has 0 fully saturated rings. The van der Waals surface area contributed by atoms with E-state index in [0.29, 0.717) is 13.1 Å². The first-order valence-corrected chi connectivity index (χ1v) is 6.56. The third kappa shape index (κ3) is 2.96. The van der Waals surface area contributed by atoms with Gasteiger partial charge in [-0.2, -0.15) is 0 Å². The van der Waals surface area contributed by atoms with Crippen molar-refractivity contribution in [3.8, 4) is 0 Å². The highest BCUT2D eigenvalue weighted by Gasteiger charge is 2.02. The van der Waals surface area contributed by atoms with Crippen molar-refractivity contribution >= 4 is 11.3 Å². The van der Waals surface area contributed by atoms with Gasteiger partial charge in [0, 0.05) is 43.8 Å². The lowest BCUT2D eigenvalue weighted by molar-refractivity contribution is 0.546. The van der Waals surface area contributed by atoms with Crippen molar-refractivity contribution in [1.82, 2.24) is 14.5 Å². The normalized spacial score (nSPS) is 10.7. The Morgan fingerprint density at radius 2 is 2.17 bits per heavy atom. The molecule has 1 N–H and O–H groups in total. The second kappa shape index (κ2) is 5.79. The summed E-state index contributed by atoms with van der Waals surface area (Å²) < 4.78 is 2.64. The van der Waals surface area contributed by atoms with E-state index in [0.717, 1.165) is 6.54 Å². The van der Waals surface area contributed by atoms with Crippen LogP contribution in [0.3, 0.4) is 0 Å². The first-order valence-electron chi connectivity index (χ1n) is 5.68. The molecule has 0 amide bonds. The van der Waals surface area contributed by atoms with Crippen LogP contribution in [-0.2, 0) is 20.1 Å². The SMILES string of the molecule is Cn1ccc(=O)n(CCNCc2cccs2)c1=O. The zero-order valence-corrected chi connectivity index (χ0v) is 10.9. The summed E-state index contributed by atoms with van der Waals surface area (Å²) in [7, 11) is 1.64. The second-order valence-electron chi connectivity index (χ2n) is 3.96. The van der Waals surface area contributed by atoms with Crippen LogP contribution < -0.4 is 16.6 Å². The Kier molecular flexibility index (Phi) is 4.11. The summed E-state index contributed by atoms with van der Waals surface area (Å²) >= 11 is 1.68. The molecule has 18 heavy (non-hydrogen) atoms. The van der Waals surface area contributed by atoms with Crippen LogP contribution in [0.5, 0.6) is 0 Å². The molecule has 2 heterocycles. The van der Waals surface area contributed by atoms with Gasteiger partial charge >= 0.3 is 5.69 Å². The Balaban J connectivity index is 1.93. The largest absolute Gasteiger partial charge is 0.330 e. The summed E-state index contributed by atoms with van der Waals surface area (Å²) in [5.41, 5.74) is -0.531. The van der Waals surface area contributed by atoms with Gasteiger partial charge in [0.2, 0.25) is 0 Å². The highest BCUT2D eigenvalue weighted by Crippen LogP contribution is 2.06. The monoisotopic (exact) mass is 265 g/mol.